The molecule has 0 aliphatic rings. The molecule has 15 heavy (non-hydrogen) atoms. The summed E-state index contributed by atoms with van der Waals surface area (Å²) in [5.41, 5.74) is 0. The maximum absolute atomic E-state index is 4.26. The lowest BCUT2D eigenvalue weighted by Gasteiger charge is -1.98. The van der Waals surface area contributed by atoms with Crippen LogP contribution >= 0.6 is 21.6 Å². The first-order chi connectivity index (χ1) is 7.36. The van der Waals surface area contributed by atoms with Gasteiger partial charge in [0.15, 0.2) is 6.20 Å². The molecule has 0 atom stereocenters. The number of pyridine rings is 2. The first kappa shape index (κ1) is 10.5. The summed E-state index contributed by atoms with van der Waals surface area (Å²) in [5, 5.41) is 2.25. The van der Waals surface area contributed by atoms with Crippen molar-refractivity contribution >= 4 is 21.6 Å². The molecule has 2 heterocycles. The van der Waals surface area contributed by atoms with Crippen molar-refractivity contribution in [1.29, 1.82) is 0 Å². The lowest BCUT2D eigenvalue weighted by Crippen LogP contribution is -2.29. The van der Waals surface area contributed by atoms with Crippen molar-refractivity contribution in [3.8, 4) is 0 Å². The summed E-state index contributed by atoms with van der Waals surface area (Å²) in [6.07, 6.45) is 3.86. The Bertz CT molecular complexity index is 432. The first-order valence-electron chi connectivity index (χ1n) is 4.56. The summed E-state index contributed by atoms with van der Waals surface area (Å²) in [6, 6.07) is 12.1. The summed E-state index contributed by atoms with van der Waals surface area (Å²) in [6.45, 7) is 0. The van der Waals surface area contributed by atoms with Crippen LogP contribution in [0.15, 0.2) is 58.8 Å². The molecule has 0 fully saturated rings. The van der Waals surface area contributed by atoms with Gasteiger partial charge >= 0.3 is 0 Å². The highest BCUT2D eigenvalue weighted by Gasteiger charge is 2.06. The number of nitrogens with zero attached hydrogens (tertiary/aromatic N) is 2. The quantitative estimate of drug-likeness (QED) is 0.601. The van der Waals surface area contributed by atoms with Crippen molar-refractivity contribution in [2.75, 3.05) is 0 Å². The fourth-order valence-corrected chi connectivity index (χ4v) is 3.12. The fraction of sp³-hybridized carbons (Fsp3) is 0.0909. The van der Waals surface area contributed by atoms with Gasteiger partial charge < -0.3 is 0 Å². The van der Waals surface area contributed by atoms with Gasteiger partial charge in [-0.2, -0.15) is 4.57 Å². The van der Waals surface area contributed by atoms with E-state index in [0.29, 0.717) is 0 Å². The number of aromatic nitrogens is 2. The molecule has 2 aromatic heterocycles. The molecule has 0 bridgehead atoms. The topological polar surface area (TPSA) is 16.8 Å². The minimum atomic E-state index is 1.03. The molecule has 0 N–H and O–H groups in total. The Labute approximate surface area is 97.1 Å². The number of aryl methyl sites for hydroxylation is 1. The second kappa shape index (κ2) is 5.19. The summed E-state index contributed by atoms with van der Waals surface area (Å²) in [7, 11) is 5.43. The molecule has 2 nitrogen and oxygen atoms in total. The average molecular weight is 235 g/mol. The molecule has 0 unspecified atom stereocenters. The van der Waals surface area contributed by atoms with Crippen LogP contribution in [0.2, 0.25) is 0 Å². The monoisotopic (exact) mass is 235 g/mol. The van der Waals surface area contributed by atoms with Gasteiger partial charge in [0.25, 0.3) is 5.03 Å². The Kier molecular flexibility index (Phi) is 3.64. The third-order valence-electron chi connectivity index (χ3n) is 1.86. The van der Waals surface area contributed by atoms with Crippen LogP contribution in [-0.4, -0.2) is 4.98 Å². The van der Waals surface area contributed by atoms with Crippen LogP contribution in [0.3, 0.4) is 0 Å². The Morgan fingerprint density at radius 3 is 2.67 bits per heavy atom. The van der Waals surface area contributed by atoms with Gasteiger partial charge in [0.1, 0.15) is 12.1 Å². The van der Waals surface area contributed by atoms with Gasteiger partial charge in [-0.3, -0.25) is 0 Å². The van der Waals surface area contributed by atoms with Gasteiger partial charge in [-0.1, -0.05) is 6.07 Å². The molecule has 0 saturated carbocycles. The van der Waals surface area contributed by atoms with E-state index in [-0.39, 0.29) is 0 Å². The Morgan fingerprint density at radius 2 is 1.93 bits per heavy atom. The van der Waals surface area contributed by atoms with Crippen molar-refractivity contribution in [1.82, 2.24) is 4.98 Å². The second-order valence-electron chi connectivity index (χ2n) is 2.98. The molecule has 0 spiro atoms. The summed E-state index contributed by atoms with van der Waals surface area (Å²) in [4.78, 5) is 4.26. The van der Waals surface area contributed by atoms with E-state index in [9.17, 15) is 0 Å². The molecule has 4 heteroatoms. The van der Waals surface area contributed by atoms with Crippen molar-refractivity contribution in [2.24, 2.45) is 7.05 Å². The minimum absolute atomic E-state index is 1.03. The van der Waals surface area contributed by atoms with E-state index in [2.05, 4.69) is 15.6 Å². The lowest BCUT2D eigenvalue weighted by molar-refractivity contribution is -0.708. The predicted octanol–water partition coefficient (Wildman–Crippen LogP) is 2.71. The van der Waals surface area contributed by atoms with Gasteiger partial charge in [0.2, 0.25) is 0 Å². The van der Waals surface area contributed by atoms with Crippen LogP contribution in [0.4, 0.5) is 0 Å². The molecule has 0 saturated heterocycles. The molecular weight excluding hydrogens is 224 g/mol. The largest absolute Gasteiger partial charge is 0.250 e. The summed E-state index contributed by atoms with van der Waals surface area (Å²) < 4.78 is 2.10. The SMILES string of the molecule is C[n+]1ccccc1SSc1ccccn1. The molecule has 76 valence electrons. The first-order valence-corrected chi connectivity index (χ1v) is 6.71. The van der Waals surface area contributed by atoms with E-state index in [1.54, 1.807) is 21.6 Å². The Morgan fingerprint density at radius 1 is 1.07 bits per heavy atom. The minimum Gasteiger partial charge on any atom is -0.249 e. The smallest absolute Gasteiger partial charge is 0.249 e. The van der Waals surface area contributed by atoms with Gasteiger partial charge in [0, 0.05) is 29.1 Å². The van der Waals surface area contributed by atoms with Crippen molar-refractivity contribution < 1.29 is 4.57 Å². The predicted molar refractivity (Wildman–Crippen MR) is 63.6 cm³/mol. The fourth-order valence-electron chi connectivity index (χ4n) is 1.08. The zero-order chi connectivity index (χ0) is 10.5. The Balaban J connectivity index is 2.03. The van der Waals surface area contributed by atoms with E-state index < -0.39 is 0 Å². The van der Waals surface area contributed by atoms with Gasteiger partial charge in [-0.05, 0) is 29.0 Å². The average Bonchev–Trinajstić information content (AvgIpc) is 2.29. The van der Waals surface area contributed by atoms with Crippen LogP contribution in [0, 0.1) is 0 Å². The van der Waals surface area contributed by atoms with Crippen LogP contribution in [0.1, 0.15) is 0 Å². The zero-order valence-electron chi connectivity index (χ0n) is 8.33. The van der Waals surface area contributed by atoms with Crippen molar-refractivity contribution in [3.63, 3.8) is 0 Å². The number of hydrogen-bond donors (Lipinski definition) is 0. The molecule has 0 aromatic carbocycles. The van der Waals surface area contributed by atoms with E-state index in [1.165, 1.54) is 5.03 Å². The van der Waals surface area contributed by atoms with Crippen molar-refractivity contribution in [2.45, 2.75) is 10.1 Å². The summed E-state index contributed by atoms with van der Waals surface area (Å²) >= 11 is 0. The highest BCUT2D eigenvalue weighted by atomic mass is 33.1. The second-order valence-corrected chi connectivity index (χ2v) is 5.15. The lowest BCUT2D eigenvalue weighted by atomic mass is 10.5. The van der Waals surface area contributed by atoms with E-state index in [1.807, 2.05) is 49.8 Å². The zero-order valence-corrected chi connectivity index (χ0v) is 9.96. The molecule has 0 aliphatic heterocycles. The van der Waals surface area contributed by atoms with Crippen molar-refractivity contribution in [3.05, 3.63) is 48.8 Å². The number of rotatable bonds is 3. The van der Waals surface area contributed by atoms with Gasteiger partial charge in [-0.15, -0.1) is 0 Å². The molecule has 0 aliphatic carbocycles. The maximum Gasteiger partial charge on any atom is 0.250 e. The van der Waals surface area contributed by atoms with Crippen LogP contribution in [-0.2, 0) is 7.05 Å². The van der Waals surface area contributed by atoms with Crippen LogP contribution in [0.5, 0.6) is 0 Å². The number of hydrogen-bond acceptors (Lipinski definition) is 3. The highest BCUT2D eigenvalue weighted by molar-refractivity contribution is 8.76. The van der Waals surface area contributed by atoms with E-state index >= 15 is 0 Å². The highest BCUT2D eigenvalue weighted by Crippen LogP contribution is 2.33. The van der Waals surface area contributed by atoms with E-state index in [0.717, 1.165) is 5.03 Å². The summed E-state index contributed by atoms with van der Waals surface area (Å²) in [5.74, 6) is 0. The van der Waals surface area contributed by atoms with E-state index in [4.69, 9.17) is 0 Å². The normalized spacial score (nSPS) is 10.2. The molecule has 0 amide bonds. The molecule has 0 radical (unpaired) electrons. The Hall–Kier alpha value is -1.00. The third kappa shape index (κ3) is 2.97. The van der Waals surface area contributed by atoms with Gasteiger partial charge in [-0.25, -0.2) is 4.98 Å². The molecule has 2 aromatic rings. The van der Waals surface area contributed by atoms with Gasteiger partial charge in [0.05, 0.1) is 0 Å². The standard InChI is InChI=1S/C11H11N2S2/c1-13-9-5-3-7-11(13)15-14-10-6-2-4-8-12-10/h2-9H,1H3/q+1. The molecular formula is C11H11N2S2+. The van der Waals surface area contributed by atoms with Crippen LogP contribution < -0.4 is 4.57 Å². The maximum atomic E-state index is 4.26. The molecule has 2 rings (SSSR count). The van der Waals surface area contributed by atoms with Crippen LogP contribution in [0.25, 0.3) is 0 Å². The third-order valence-corrected chi connectivity index (χ3v) is 4.22.